The molecule has 0 saturated heterocycles. The molecule has 1 aromatic carbocycles. The van der Waals surface area contributed by atoms with Crippen LogP contribution in [0.1, 0.15) is 20.8 Å². The van der Waals surface area contributed by atoms with Crippen molar-refractivity contribution in [2.45, 2.75) is 33.0 Å². The first kappa shape index (κ1) is 14.5. The third-order valence-electron chi connectivity index (χ3n) is 2.62. The third-order valence-corrected chi connectivity index (χ3v) is 2.62. The van der Waals surface area contributed by atoms with Gasteiger partial charge in [-0.1, -0.05) is 32.0 Å². The average molecular weight is 251 g/mol. The molecule has 4 heteroatoms. The molecule has 0 unspecified atom stereocenters. The Balaban J connectivity index is 2.68. The Morgan fingerprint density at radius 3 is 2.33 bits per heavy atom. The Labute approximate surface area is 108 Å². The predicted molar refractivity (Wildman–Crippen MR) is 70.3 cm³/mol. The van der Waals surface area contributed by atoms with Gasteiger partial charge in [-0.2, -0.15) is 0 Å². The molecule has 0 bridgehead atoms. The van der Waals surface area contributed by atoms with Gasteiger partial charge in [-0.25, -0.2) is 0 Å². The number of para-hydroxylation sites is 1. The van der Waals surface area contributed by atoms with E-state index in [1.165, 1.54) is 0 Å². The molecule has 0 radical (unpaired) electrons. The number of hydrogen-bond donors (Lipinski definition) is 1. The summed E-state index contributed by atoms with van der Waals surface area (Å²) in [6, 6.07) is 9.50. The summed E-state index contributed by atoms with van der Waals surface area (Å²) in [6.45, 7) is 5.77. The molecule has 1 aromatic rings. The second-order valence-electron chi connectivity index (χ2n) is 4.54. The van der Waals surface area contributed by atoms with Crippen LogP contribution in [0.2, 0.25) is 0 Å². The molecule has 0 fully saturated rings. The van der Waals surface area contributed by atoms with Crippen LogP contribution in [0.25, 0.3) is 0 Å². The fourth-order valence-corrected chi connectivity index (χ4v) is 1.75. The van der Waals surface area contributed by atoms with Crippen molar-refractivity contribution in [3.8, 4) is 5.75 Å². The summed E-state index contributed by atoms with van der Waals surface area (Å²) in [6.07, 6.45) is -0.524. The number of carbonyl (C=O) groups excluding carboxylic acids is 1. The van der Waals surface area contributed by atoms with E-state index in [-0.39, 0.29) is 24.7 Å². The minimum absolute atomic E-state index is 0.111. The molecule has 0 amide bonds. The summed E-state index contributed by atoms with van der Waals surface area (Å²) in [7, 11) is 0. The van der Waals surface area contributed by atoms with Gasteiger partial charge in [0.2, 0.25) is 0 Å². The fraction of sp³-hybridized carbons (Fsp3) is 0.500. The normalized spacial score (nSPS) is 14.1. The highest BCUT2D eigenvalue weighted by atomic mass is 16.6. The van der Waals surface area contributed by atoms with Crippen molar-refractivity contribution in [3.63, 3.8) is 0 Å². The van der Waals surface area contributed by atoms with Crippen LogP contribution in [0.15, 0.2) is 30.3 Å². The Morgan fingerprint density at radius 1 is 1.22 bits per heavy atom. The van der Waals surface area contributed by atoms with E-state index in [0.29, 0.717) is 0 Å². The molecular formula is C14H21NO3. The van der Waals surface area contributed by atoms with Crippen LogP contribution in [0.4, 0.5) is 0 Å². The predicted octanol–water partition coefficient (Wildman–Crippen LogP) is 1.98. The van der Waals surface area contributed by atoms with Crippen molar-refractivity contribution in [2.75, 3.05) is 6.54 Å². The zero-order valence-corrected chi connectivity index (χ0v) is 11.1. The number of nitrogens with two attached hydrogens (primary N) is 1. The maximum absolute atomic E-state index is 11.2. The van der Waals surface area contributed by atoms with Crippen LogP contribution in [-0.2, 0) is 9.53 Å². The summed E-state index contributed by atoms with van der Waals surface area (Å²) in [5, 5.41) is 0. The van der Waals surface area contributed by atoms with E-state index in [1.54, 1.807) is 0 Å². The molecule has 4 nitrogen and oxygen atoms in total. The minimum Gasteiger partial charge on any atom is -0.486 e. The lowest BCUT2D eigenvalue weighted by Crippen LogP contribution is -2.38. The first-order valence-electron chi connectivity index (χ1n) is 6.15. The van der Waals surface area contributed by atoms with Gasteiger partial charge in [0.25, 0.3) is 0 Å². The number of hydrogen-bond acceptors (Lipinski definition) is 4. The van der Waals surface area contributed by atoms with Crippen LogP contribution in [0, 0.1) is 5.92 Å². The van der Waals surface area contributed by atoms with Gasteiger partial charge < -0.3 is 15.2 Å². The molecule has 0 aliphatic heterocycles. The maximum Gasteiger partial charge on any atom is 0.320 e. The first-order valence-corrected chi connectivity index (χ1v) is 6.15. The molecule has 18 heavy (non-hydrogen) atoms. The van der Waals surface area contributed by atoms with Gasteiger partial charge in [0.15, 0.2) is 0 Å². The highest BCUT2D eigenvalue weighted by molar-refractivity contribution is 5.71. The molecule has 0 aromatic heterocycles. The van der Waals surface area contributed by atoms with E-state index >= 15 is 0 Å². The molecule has 2 N–H and O–H groups in total. The van der Waals surface area contributed by atoms with Gasteiger partial charge in [0.1, 0.15) is 18.0 Å². The van der Waals surface area contributed by atoms with E-state index in [1.807, 2.05) is 51.1 Å². The highest BCUT2D eigenvalue weighted by Crippen LogP contribution is 2.19. The van der Waals surface area contributed by atoms with Crippen molar-refractivity contribution in [1.82, 2.24) is 0 Å². The monoisotopic (exact) mass is 251 g/mol. The first-order chi connectivity index (χ1) is 8.54. The smallest absolute Gasteiger partial charge is 0.320 e. The zero-order chi connectivity index (χ0) is 13.5. The molecule has 0 aliphatic carbocycles. The van der Waals surface area contributed by atoms with E-state index in [4.69, 9.17) is 15.2 Å². The number of ether oxygens (including phenoxy) is 2. The zero-order valence-electron chi connectivity index (χ0n) is 11.1. The van der Waals surface area contributed by atoms with Gasteiger partial charge in [-0.15, -0.1) is 0 Å². The molecule has 1 rings (SSSR count). The van der Waals surface area contributed by atoms with Crippen LogP contribution in [0.5, 0.6) is 5.75 Å². The third kappa shape index (κ3) is 4.37. The van der Waals surface area contributed by atoms with Crippen LogP contribution < -0.4 is 10.5 Å². The van der Waals surface area contributed by atoms with Gasteiger partial charge in [0.05, 0.1) is 6.54 Å². The van der Waals surface area contributed by atoms with Crippen molar-refractivity contribution in [3.05, 3.63) is 30.3 Å². The molecular weight excluding hydrogens is 230 g/mol. The molecule has 100 valence electrons. The second kappa shape index (κ2) is 7.01. The van der Waals surface area contributed by atoms with Crippen LogP contribution in [0.3, 0.4) is 0 Å². The highest BCUT2D eigenvalue weighted by Gasteiger charge is 2.25. The lowest BCUT2D eigenvalue weighted by atomic mass is 10.0. The maximum atomic E-state index is 11.2. The van der Waals surface area contributed by atoms with Crippen LogP contribution in [-0.4, -0.2) is 24.7 Å². The van der Waals surface area contributed by atoms with Crippen molar-refractivity contribution in [2.24, 2.45) is 11.7 Å². The largest absolute Gasteiger partial charge is 0.486 e. The summed E-state index contributed by atoms with van der Waals surface area (Å²) in [5.41, 5.74) is 5.23. The molecule has 0 heterocycles. The van der Waals surface area contributed by atoms with E-state index in [9.17, 15) is 4.79 Å². The van der Waals surface area contributed by atoms with Gasteiger partial charge in [-0.05, 0) is 25.0 Å². The molecule has 0 saturated carbocycles. The summed E-state index contributed by atoms with van der Waals surface area (Å²) in [5.74, 6) is 0.586. The van der Waals surface area contributed by atoms with Crippen molar-refractivity contribution < 1.29 is 14.3 Å². The Kier molecular flexibility index (Phi) is 5.65. The Hall–Kier alpha value is -1.55. The van der Waals surface area contributed by atoms with Gasteiger partial charge in [0, 0.05) is 0 Å². The number of rotatable bonds is 6. The van der Waals surface area contributed by atoms with Gasteiger partial charge in [-0.3, -0.25) is 4.79 Å². The average Bonchev–Trinajstić information content (AvgIpc) is 2.36. The Bertz CT molecular complexity index is 365. The summed E-state index contributed by atoms with van der Waals surface area (Å²) in [4.78, 5) is 11.2. The minimum atomic E-state index is -0.412. The standard InChI is InChI=1S/C14H21NO3/c1-10(2)14(11(3)17-13(16)9-15)18-12-7-5-4-6-8-12/h4-8,10-11,14H,9,15H2,1-3H3/t11-,14+/m0/s1. The van der Waals surface area contributed by atoms with Gasteiger partial charge >= 0.3 is 5.97 Å². The van der Waals surface area contributed by atoms with E-state index in [0.717, 1.165) is 5.75 Å². The fourth-order valence-electron chi connectivity index (χ4n) is 1.75. The van der Waals surface area contributed by atoms with Crippen molar-refractivity contribution in [1.29, 1.82) is 0 Å². The number of benzene rings is 1. The number of carbonyl (C=O) groups is 1. The van der Waals surface area contributed by atoms with Crippen molar-refractivity contribution >= 4 is 5.97 Å². The second-order valence-corrected chi connectivity index (χ2v) is 4.54. The molecule has 0 aliphatic rings. The summed E-state index contributed by atoms with van der Waals surface area (Å²) < 4.78 is 11.1. The molecule has 0 spiro atoms. The lowest BCUT2D eigenvalue weighted by Gasteiger charge is -2.28. The van der Waals surface area contributed by atoms with Crippen LogP contribution >= 0.6 is 0 Å². The SMILES string of the molecule is CC(C)[C@@H](Oc1ccccc1)[C@H](C)OC(=O)CN. The lowest BCUT2D eigenvalue weighted by molar-refractivity contribution is -0.152. The number of esters is 1. The molecule has 2 atom stereocenters. The topological polar surface area (TPSA) is 61.5 Å². The van der Waals surface area contributed by atoms with E-state index < -0.39 is 5.97 Å². The quantitative estimate of drug-likeness (QED) is 0.785. The Morgan fingerprint density at radius 2 is 1.83 bits per heavy atom. The van der Waals surface area contributed by atoms with E-state index in [2.05, 4.69) is 0 Å². The summed E-state index contributed by atoms with van der Waals surface area (Å²) >= 11 is 0.